The maximum Gasteiger partial charge on any atom is 0.351 e. The minimum atomic E-state index is -2.01. The van der Waals surface area contributed by atoms with Gasteiger partial charge in [-0.25, -0.2) is 9.18 Å². The van der Waals surface area contributed by atoms with Crippen LogP contribution < -0.4 is 11.4 Å². The highest BCUT2D eigenvalue weighted by molar-refractivity contribution is 6.26. The van der Waals surface area contributed by atoms with Gasteiger partial charge in [-0.2, -0.15) is 4.98 Å². The number of alkyl halides is 2. The number of halogens is 2. The van der Waals surface area contributed by atoms with Gasteiger partial charge in [-0.15, -0.1) is 11.6 Å². The van der Waals surface area contributed by atoms with Gasteiger partial charge >= 0.3 is 17.6 Å². The SMILES string of the molecule is CC(C)C(=O)OC[C@@]12O[C@@H](n3ccc(N)nc3=O)[C@H](F)[C@@]1(OC(=O)C(C)C)C2Cl. The Kier molecular flexibility index (Phi) is 5.37. The molecule has 9 nitrogen and oxygen atoms in total. The molecule has 2 N–H and O–H groups in total. The van der Waals surface area contributed by atoms with Crippen molar-refractivity contribution in [3.63, 3.8) is 0 Å². The lowest BCUT2D eigenvalue weighted by molar-refractivity contribution is -0.163. The van der Waals surface area contributed by atoms with Crippen molar-refractivity contribution in [2.75, 3.05) is 12.3 Å². The standard InChI is InChI=1S/C18H23ClFN3O6/c1-8(2)13(24)27-7-17-15(19)18(17,29-14(25)9(3)4)11(20)12(28-17)23-6-5-10(21)22-16(23)26/h5-6,8-9,11-12,15H,7H2,1-4H3,(H2,21,22,26)/t11-,12+,15?,17-,18+/m0/s1. The first-order valence-electron chi connectivity index (χ1n) is 9.18. The number of fused-ring (bicyclic) bond motifs is 1. The van der Waals surface area contributed by atoms with Crippen LogP contribution in [0.4, 0.5) is 10.2 Å². The molecule has 2 fully saturated rings. The molecule has 0 bridgehead atoms. The van der Waals surface area contributed by atoms with Gasteiger partial charge in [-0.3, -0.25) is 14.2 Å². The number of carbonyl (C=O) groups excluding carboxylic acids is 2. The van der Waals surface area contributed by atoms with Crippen molar-refractivity contribution in [1.29, 1.82) is 0 Å². The van der Waals surface area contributed by atoms with Crippen molar-refractivity contribution in [2.45, 2.75) is 56.7 Å². The van der Waals surface area contributed by atoms with Crippen LogP contribution in [0.2, 0.25) is 0 Å². The van der Waals surface area contributed by atoms with Crippen molar-refractivity contribution >= 4 is 29.4 Å². The summed E-state index contributed by atoms with van der Waals surface area (Å²) in [5, 5.41) is -1.11. The Morgan fingerprint density at radius 3 is 2.52 bits per heavy atom. The van der Waals surface area contributed by atoms with Crippen LogP contribution in [0.3, 0.4) is 0 Å². The van der Waals surface area contributed by atoms with Crippen LogP contribution in [-0.2, 0) is 23.8 Å². The van der Waals surface area contributed by atoms with E-state index in [4.69, 9.17) is 31.5 Å². The quantitative estimate of drug-likeness (QED) is 0.526. The largest absolute Gasteiger partial charge is 0.462 e. The molecule has 1 aliphatic carbocycles. The van der Waals surface area contributed by atoms with Crippen molar-refractivity contribution in [1.82, 2.24) is 9.55 Å². The molecule has 1 saturated carbocycles. The first-order valence-corrected chi connectivity index (χ1v) is 9.61. The maximum absolute atomic E-state index is 15.6. The Morgan fingerprint density at radius 1 is 1.34 bits per heavy atom. The summed E-state index contributed by atoms with van der Waals surface area (Å²) in [7, 11) is 0. The lowest BCUT2D eigenvalue weighted by atomic mass is 10.1. The molecule has 2 aliphatic rings. The molecule has 11 heteroatoms. The molecule has 1 unspecified atom stereocenters. The minimum absolute atomic E-state index is 0.0402. The van der Waals surface area contributed by atoms with Gasteiger partial charge < -0.3 is 19.9 Å². The molecule has 1 aromatic heterocycles. The first kappa shape index (κ1) is 21.5. The third kappa shape index (κ3) is 3.18. The predicted octanol–water partition coefficient (Wildman–Crippen LogP) is 1.19. The van der Waals surface area contributed by atoms with Crippen LogP contribution >= 0.6 is 11.6 Å². The fourth-order valence-electron chi connectivity index (χ4n) is 3.33. The lowest BCUT2D eigenvalue weighted by Gasteiger charge is -2.23. The molecule has 2 heterocycles. The second kappa shape index (κ2) is 7.24. The number of aromatic nitrogens is 2. The van der Waals surface area contributed by atoms with Gasteiger partial charge in [0, 0.05) is 6.20 Å². The number of esters is 2. The van der Waals surface area contributed by atoms with Crippen LogP contribution in [0, 0.1) is 11.8 Å². The average molecular weight is 432 g/mol. The van der Waals surface area contributed by atoms with E-state index in [1.54, 1.807) is 27.7 Å². The van der Waals surface area contributed by atoms with Crippen molar-refractivity contribution in [3.05, 3.63) is 22.7 Å². The van der Waals surface area contributed by atoms with E-state index in [0.717, 1.165) is 4.57 Å². The molecule has 1 aromatic rings. The molecule has 29 heavy (non-hydrogen) atoms. The van der Waals surface area contributed by atoms with E-state index in [2.05, 4.69) is 4.98 Å². The highest BCUT2D eigenvalue weighted by atomic mass is 35.5. The number of hydrogen-bond donors (Lipinski definition) is 1. The summed E-state index contributed by atoms with van der Waals surface area (Å²) in [5.41, 5.74) is 1.10. The molecule has 1 aliphatic heterocycles. The van der Waals surface area contributed by atoms with Crippen LogP contribution in [-0.4, -0.2) is 50.8 Å². The van der Waals surface area contributed by atoms with Crippen LogP contribution in [0.25, 0.3) is 0 Å². The molecule has 3 rings (SSSR count). The third-order valence-electron chi connectivity index (χ3n) is 5.12. The molecular formula is C18H23ClFN3O6. The molecule has 0 spiro atoms. The number of nitrogens with two attached hydrogens (primary N) is 1. The number of hydrogen-bond acceptors (Lipinski definition) is 8. The Morgan fingerprint density at radius 2 is 1.97 bits per heavy atom. The summed E-state index contributed by atoms with van der Waals surface area (Å²) in [6.07, 6.45) is -2.27. The van der Waals surface area contributed by atoms with Gasteiger partial charge in [0.25, 0.3) is 0 Å². The van der Waals surface area contributed by atoms with Crippen molar-refractivity contribution < 1.29 is 28.2 Å². The summed E-state index contributed by atoms with van der Waals surface area (Å²) >= 11 is 6.34. The van der Waals surface area contributed by atoms with E-state index in [0.29, 0.717) is 0 Å². The lowest BCUT2D eigenvalue weighted by Crippen LogP contribution is -2.41. The Labute approximate surface area is 171 Å². The van der Waals surface area contributed by atoms with Crippen LogP contribution in [0.5, 0.6) is 0 Å². The van der Waals surface area contributed by atoms with E-state index in [1.807, 2.05) is 0 Å². The molecule has 0 aromatic carbocycles. The number of nitrogen functional groups attached to an aromatic ring is 1. The third-order valence-corrected chi connectivity index (χ3v) is 5.80. The summed E-state index contributed by atoms with van der Waals surface area (Å²) in [6.45, 7) is 6.00. The van der Waals surface area contributed by atoms with Crippen molar-refractivity contribution in [2.24, 2.45) is 11.8 Å². The number of nitrogens with zero attached hydrogens (tertiary/aromatic N) is 2. The van der Waals surface area contributed by atoms with E-state index in [1.165, 1.54) is 12.3 Å². The predicted molar refractivity (Wildman–Crippen MR) is 99.8 cm³/mol. The number of rotatable bonds is 6. The smallest absolute Gasteiger partial charge is 0.351 e. The van der Waals surface area contributed by atoms with Gasteiger partial charge in [0.15, 0.2) is 18.0 Å². The minimum Gasteiger partial charge on any atom is -0.462 e. The second-order valence-electron chi connectivity index (χ2n) is 7.84. The van der Waals surface area contributed by atoms with E-state index < -0.39 is 65.0 Å². The van der Waals surface area contributed by atoms with E-state index in [-0.39, 0.29) is 5.82 Å². The van der Waals surface area contributed by atoms with Crippen LogP contribution in [0.1, 0.15) is 33.9 Å². The summed E-state index contributed by atoms with van der Waals surface area (Å²) in [5.74, 6) is -2.28. The first-order chi connectivity index (χ1) is 13.5. The molecule has 0 radical (unpaired) electrons. The van der Waals surface area contributed by atoms with Crippen molar-refractivity contribution in [3.8, 4) is 0 Å². The fraction of sp³-hybridized carbons (Fsp3) is 0.667. The fourth-order valence-corrected chi connectivity index (χ4v) is 3.90. The Hall–Kier alpha value is -2.20. The molecule has 0 amide bonds. The number of ether oxygens (including phenoxy) is 3. The maximum atomic E-state index is 15.6. The topological polar surface area (TPSA) is 123 Å². The van der Waals surface area contributed by atoms with Gasteiger partial charge in [0.05, 0.1) is 11.8 Å². The van der Waals surface area contributed by atoms with Gasteiger partial charge in [-0.1, -0.05) is 27.7 Å². The van der Waals surface area contributed by atoms with E-state index >= 15 is 4.39 Å². The zero-order chi connectivity index (χ0) is 21.7. The molecule has 5 atom stereocenters. The molecular weight excluding hydrogens is 409 g/mol. The van der Waals surface area contributed by atoms with Gasteiger partial charge in [0.2, 0.25) is 5.60 Å². The zero-order valence-corrected chi connectivity index (χ0v) is 17.2. The number of carbonyl (C=O) groups is 2. The zero-order valence-electron chi connectivity index (χ0n) is 16.4. The van der Waals surface area contributed by atoms with Crippen LogP contribution in [0.15, 0.2) is 17.1 Å². The van der Waals surface area contributed by atoms with E-state index in [9.17, 15) is 14.4 Å². The summed E-state index contributed by atoms with van der Waals surface area (Å²) in [4.78, 5) is 39.9. The monoisotopic (exact) mass is 431 g/mol. The second-order valence-corrected chi connectivity index (χ2v) is 8.27. The average Bonchev–Trinajstić information content (AvgIpc) is 3.02. The van der Waals surface area contributed by atoms with Gasteiger partial charge in [0.1, 0.15) is 17.8 Å². The Bertz CT molecular complexity index is 893. The molecule has 1 saturated heterocycles. The summed E-state index contributed by atoms with van der Waals surface area (Å²) < 4.78 is 33.0. The molecule has 160 valence electrons. The summed E-state index contributed by atoms with van der Waals surface area (Å²) in [6, 6.07) is 1.30. The Balaban J connectivity index is 1.97. The highest BCUT2D eigenvalue weighted by Gasteiger charge is 2.91. The van der Waals surface area contributed by atoms with Gasteiger partial charge in [-0.05, 0) is 6.07 Å². The normalized spacial score (nSPS) is 32.9. The number of anilines is 1. The highest BCUT2D eigenvalue weighted by Crippen LogP contribution is 2.68.